The minimum atomic E-state index is -4.16. The summed E-state index contributed by atoms with van der Waals surface area (Å²) >= 11 is 4.30. The van der Waals surface area contributed by atoms with E-state index in [0.717, 1.165) is 12.1 Å². The summed E-state index contributed by atoms with van der Waals surface area (Å²) in [5.74, 6) is -2.08. The van der Waals surface area contributed by atoms with Gasteiger partial charge in [-0.25, -0.2) is 17.2 Å². The highest BCUT2D eigenvalue weighted by molar-refractivity contribution is 7.91. The zero-order valence-corrected chi connectivity index (χ0v) is 8.83. The molecule has 0 heterocycles. The fourth-order valence-electron chi connectivity index (χ4n) is 0.881. The lowest BCUT2D eigenvalue weighted by molar-refractivity contribution is 0.548. The van der Waals surface area contributed by atoms with Gasteiger partial charge in [0.15, 0.2) is 5.11 Å². The van der Waals surface area contributed by atoms with Crippen LogP contribution in [0.15, 0.2) is 23.1 Å². The largest absolute Gasteiger partial charge is 0.376 e. The molecule has 8 heteroatoms. The van der Waals surface area contributed by atoms with Gasteiger partial charge in [0.1, 0.15) is 16.5 Å². The molecule has 3 N–H and O–H groups in total. The molecule has 0 fully saturated rings. The fourth-order valence-corrected chi connectivity index (χ4v) is 2.15. The van der Waals surface area contributed by atoms with Gasteiger partial charge >= 0.3 is 0 Å². The molecule has 0 amide bonds. The van der Waals surface area contributed by atoms with E-state index in [0.29, 0.717) is 6.07 Å². The van der Waals surface area contributed by atoms with Crippen LogP contribution >= 0.6 is 12.2 Å². The maximum absolute atomic E-state index is 13.1. The van der Waals surface area contributed by atoms with E-state index >= 15 is 0 Å². The van der Waals surface area contributed by atoms with Crippen LogP contribution in [0, 0.1) is 11.6 Å². The molecular formula is C7H6F2N2O2S2. The van der Waals surface area contributed by atoms with Crippen molar-refractivity contribution < 1.29 is 17.2 Å². The molecule has 0 saturated heterocycles. The second kappa shape index (κ2) is 4.07. The molecular weight excluding hydrogens is 246 g/mol. The summed E-state index contributed by atoms with van der Waals surface area (Å²) in [5.41, 5.74) is 4.94. The Kier molecular flexibility index (Phi) is 3.20. The fraction of sp³-hybridized carbons (Fsp3) is 0. The van der Waals surface area contributed by atoms with Gasteiger partial charge in [-0.1, -0.05) is 0 Å². The van der Waals surface area contributed by atoms with Crippen molar-refractivity contribution in [2.75, 3.05) is 0 Å². The highest BCUT2D eigenvalue weighted by atomic mass is 32.2. The number of thiocarbonyl (C=S) groups is 1. The van der Waals surface area contributed by atoms with Crippen molar-refractivity contribution in [1.82, 2.24) is 4.72 Å². The number of sulfonamides is 1. The van der Waals surface area contributed by atoms with Gasteiger partial charge < -0.3 is 5.73 Å². The van der Waals surface area contributed by atoms with Crippen LogP contribution in [-0.4, -0.2) is 13.5 Å². The van der Waals surface area contributed by atoms with E-state index in [2.05, 4.69) is 12.2 Å². The molecule has 1 aromatic rings. The van der Waals surface area contributed by atoms with E-state index in [9.17, 15) is 17.2 Å². The van der Waals surface area contributed by atoms with Gasteiger partial charge in [0.2, 0.25) is 0 Å². The summed E-state index contributed by atoms with van der Waals surface area (Å²) in [7, 11) is -4.16. The van der Waals surface area contributed by atoms with Crippen molar-refractivity contribution in [2.45, 2.75) is 4.90 Å². The van der Waals surface area contributed by atoms with Gasteiger partial charge in [0, 0.05) is 6.07 Å². The molecule has 1 aromatic carbocycles. The zero-order chi connectivity index (χ0) is 11.6. The number of hydrogen-bond donors (Lipinski definition) is 2. The Morgan fingerprint density at radius 3 is 2.47 bits per heavy atom. The topological polar surface area (TPSA) is 72.2 Å². The number of halogens is 2. The molecule has 82 valence electrons. The van der Waals surface area contributed by atoms with Crippen molar-refractivity contribution in [1.29, 1.82) is 0 Å². The van der Waals surface area contributed by atoms with Crippen molar-refractivity contribution in [3.05, 3.63) is 29.8 Å². The molecule has 0 atom stereocenters. The Morgan fingerprint density at radius 2 is 2.00 bits per heavy atom. The number of rotatable bonds is 2. The molecule has 0 radical (unpaired) electrons. The lowest BCUT2D eigenvalue weighted by atomic mass is 10.3. The zero-order valence-electron chi connectivity index (χ0n) is 7.20. The Labute approximate surface area is 90.1 Å². The van der Waals surface area contributed by atoms with Gasteiger partial charge in [0.25, 0.3) is 10.0 Å². The minimum Gasteiger partial charge on any atom is -0.376 e. The van der Waals surface area contributed by atoms with Gasteiger partial charge in [-0.15, -0.1) is 0 Å². The number of hydrogen-bond acceptors (Lipinski definition) is 3. The monoisotopic (exact) mass is 252 g/mol. The van der Waals surface area contributed by atoms with Crippen LogP contribution in [0.2, 0.25) is 0 Å². The molecule has 15 heavy (non-hydrogen) atoms. The first-order valence-corrected chi connectivity index (χ1v) is 5.49. The minimum absolute atomic E-state index is 0.453. The van der Waals surface area contributed by atoms with Crippen molar-refractivity contribution in [2.24, 2.45) is 5.73 Å². The molecule has 0 spiro atoms. The molecule has 0 aliphatic rings. The van der Waals surface area contributed by atoms with Crippen LogP contribution in [0.4, 0.5) is 8.78 Å². The lowest BCUT2D eigenvalue weighted by Gasteiger charge is -2.06. The molecule has 0 aliphatic heterocycles. The van der Waals surface area contributed by atoms with Gasteiger partial charge in [-0.05, 0) is 24.4 Å². The first kappa shape index (κ1) is 11.8. The number of benzene rings is 1. The summed E-state index contributed by atoms with van der Waals surface area (Å²) in [5, 5.41) is -0.515. The third-order valence-electron chi connectivity index (χ3n) is 1.42. The highest BCUT2D eigenvalue weighted by Gasteiger charge is 2.19. The summed E-state index contributed by atoms with van der Waals surface area (Å²) in [6, 6.07) is 2.05. The Bertz CT molecular complexity index is 502. The average Bonchev–Trinajstić information content (AvgIpc) is 1.99. The summed E-state index contributed by atoms with van der Waals surface area (Å²) in [4.78, 5) is -0.711. The molecule has 1 rings (SSSR count). The van der Waals surface area contributed by atoms with Gasteiger partial charge in [-0.2, -0.15) is 0 Å². The third kappa shape index (κ3) is 2.83. The smallest absolute Gasteiger partial charge is 0.266 e. The van der Waals surface area contributed by atoms with Crippen molar-refractivity contribution in [3.63, 3.8) is 0 Å². The maximum Gasteiger partial charge on any atom is 0.266 e. The lowest BCUT2D eigenvalue weighted by Crippen LogP contribution is -2.35. The SMILES string of the molecule is NC(=S)NS(=O)(=O)c1ccc(F)cc1F. The molecule has 0 aliphatic carbocycles. The third-order valence-corrected chi connectivity index (χ3v) is 3.05. The first-order valence-electron chi connectivity index (χ1n) is 3.60. The van der Waals surface area contributed by atoms with E-state index in [1.165, 1.54) is 0 Å². The van der Waals surface area contributed by atoms with Crippen LogP contribution < -0.4 is 10.5 Å². The second-order valence-corrected chi connectivity index (χ2v) is 4.64. The predicted octanol–water partition coefficient (Wildman–Crippen LogP) is 0.487. The summed E-state index contributed by atoms with van der Waals surface area (Å²) < 4.78 is 49.9. The quantitative estimate of drug-likeness (QED) is 0.751. The van der Waals surface area contributed by atoms with Crippen LogP contribution in [0.3, 0.4) is 0 Å². The highest BCUT2D eigenvalue weighted by Crippen LogP contribution is 2.14. The Morgan fingerprint density at radius 1 is 1.40 bits per heavy atom. The van der Waals surface area contributed by atoms with Gasteiger partial charge in [0.05, 0.1) is 0 Å². The van der Waals surface area contributed by atoms with Crippen LogP contribution in [0.25, 0.3) is 0 Å². The number of nitrogens with one attached hydrogen (secondary N) is 1. The Hall–Kier alpha value is -1.28. The maximum atomic E-state index is 13.1. The van der Waals surface area contributed by atoms with E-state index in [1.807, 2.05) is 0 Å². The predicted molar refractivity (Wildman–Crippen MR) is 53.5 cm³/mol. The van der Waals surface area contributed by atoms with E-state index in [4.69, 9.17) is 5.73 Å². The van der Waals surface area contributed by atoms with Crippen LogP contribution in [-0.2, 0) is 10.0 Å². The van der Waals surface area contributed by atoms with Crippen molar-refractivity contribution >= 4 is 27.4 Å². The van der Waals surface area contributed by atoms with Crippen LogP contribution in [0.5, 0.6) is 0 Å². The molecule has 0 unspecified atom stereocenters. The summed E-state index contributed by atoms with van der Waals surface area (Å²) in [6.07, 6.45) is 0. The van der Waals surface area contributed by atoms with Crippen molar-refractivity contribution in [3.8, 4) is 0 Å². The molecule has 0 saturated carbocycles. The van der Waals surface area contributed by atoms with Gasteiger partial charge in [-0.3, -0.25) is 4.72 Å². The normalized spacial score (nSPS) is 11.1. The van der Waals surface area contributed by atoms with E-state index in [-0.39, 0.29) is 0 Å². The first-order chi connectivity index (χ1) is 6.83. The summed E-state index contributed by atoms with van der Waals surface area (Å²) in [6.45, 7) is 0. The molecule has 0 aromatic heterocycles. The van der Waals surface area contributed by atoms with Crippen LogP contribution in [0.1, 0.15) is 0 Å². The Balaban J connectivity index is 3.22. The number of nitrogens with two attached hydrogens (primary N) is 1. The second-order valence-electron chi connectivity index (χ2n) is 2.54. The standard InChI is InChI=1S/C7H6F2N2O2S2/c8-4-1-2-6(5(9)3-4)15(12,13)11-7(10)14/h1-3H,(H3,10,11,14). The van der Waals surface area contributed by atoms with E-state index < -0.39 is 31.7 Å². The molecule has 4 nitrogen and oxygen atoms in total. The van der Waals surface area contributed by atoms with E-state index in [1.54, 1.807) is 4.72 Å². The average molecular weight is 252 g/mol. The molecule has 0 bridgehead atoms.